The molecule has 1 aromatic rings. The maximum atomic E-state index is 11.3. The van der Waals surface area contributed by atoms with Crippen molar-refractivity contribution in [3.8, 4) is 6.07 Å². The molecule has 2 rings (SSSR count). The van der Waals surface area contributed by atoms with Gasteiger partial charge in [-0.25, -0.2) is 4.79 Å². The fraction of sp³-hybridized carbons (Fsp3) is 0.0833. The van der Waals surface area contributed by atoms with Crippen LogP contribution in [0.3, 0.4) is 0 Å². The zero-order valence-electron chi connectivity index (χ0n) is 9.14. The first-order chi connectivity index (χ1) is 8.60. The first kappa shape index (κ1) is 11.7. The Labute approximate surface area is 103 Å². The fourth-order valence-electron chi connectivity index (χ4n) is 1.61. The summed E-state index contributed by atoms with van der Waals surface area (Å²) in [5.41, 5.74) is 0.902. The summed E-state index contributed by atoms with van der Waals surface area (Å²) in [6, 6.07) is 7.30. The number of urea groups is 1. The number of nitrogens with one attached hydrogen (secondary N) is 2. The Bertz CT molecular complexity index is 569. The summed E-state index contributed by atoms with van der Waals surface area (Å²) in [5, 5.41) is 24.1. The van der Waals surface area contributed by atoms with Gasteiger partial charge in [0.05, 0.1) is 29.3 Å². The number of carbonyl (C=O) groups excluding carboxylic acids is 2. The molecule has 1 aliphatic heterocycles. The van der Waals surface area contributed by atoms with Gasteiger partial charge >= 0.3 is 6.03 Å². The van der Waals surface area contributed by atoms with Crippen LogP contribution in [-0.4, -0.2) is 12.0 Å². The summed E-state index contributed by atoms with van der Waals surface area (Å²) in [7, 11) is 0. The summed E-state index contributed by atoms with van der Waals surface area (Å²) in [6.07, 6.45) is 1.35. The van der Waals surface area contributed by atoms with E-state index in [1.807, 2.05) is 6.07 Å². The summed E-state index contributed by atoms with van der Waals surface area (Å²) in [6.45, 7) is 0. The van der Waals surface area contributed by atoms with Crippen molar-refractivity contribution in [2.75, 3.05) is 0 Å². The maximum Gasteiger partial charge on any atom is 0.320 e. The van der Waals surface area contributed by atoms with E-state index in [4.69, 9.17) is 5.26 Å². The number of carboxylic acids is 1. The summed E-state index contributed by atoms with van der Waals surface area (Å²) >= 11 is 0. The number of rotatable bonds is 2. The quantitative estimate of drug-likeness (QED) is 0.732. The largest absolute Gasteiger partial charge is 0.543 e. The van der Waals surface area contributed by atoms with Gasteiger partial charge in [0, 0.05) is 0 Å². The van der Waals surface area contributed by atoms with Crippen LogP contribution in [-0.2, 0) is 4.79 Å². The molecule has 0 radical (unpaired) electrons. The monoisotopic (exact) mass is 242 g/mol. The highest BCUT2D eigenvalue weighted by molar-refractivity contribution is 5.92. The first-order valence-corrected chi connectivity index (χ1v) is 5.11. The number of carboxylic acid groups (broad SMARTS) is 1. The molecule has 0 aliphatic carbocycles. The molecular weight excluding hydrogens is 234 g/mol. The van der Waals surface area contributed by atoms with Crippen molar-refractivity contribution in [2.24, 2.45) is 0 Å². The van der Waals surface area contributed by atoms with Gasteiger partial charge in [-0.1, -0.05) is 12.1 Å². The van der Waals surface area contributed by atoms with Gasteiger partial charge in [-0.05, 0) is 23.8 Å². The number of hydrogen-bond acceptors (Lipinski definition) is 4. The molecule has 0 spiro atoms. The number of hydrogen-bond donors (Lipinski definition) is 2. The van der Waals surface area contributed by atoms with E-state index >= 15 is 0 Å². The average molecular weight is 242 g/mol. The predicted octanol–water partition coefficient (Wildman–Crippen LogP) is -0.454. The molecule has 1 aliphatic rings. The molecule has 0 saturated carbocycles. The Morgan fingerprint density at radius 3 is 2.56 bits per heavy atom. The van der Waals surface area contributed by atoms with Crippen LogP contribution in [0.1, 0.15) is 17.2 Å². The first-order valence-electron chi connectivity index (χ1n) is 5.11. The van der Waals surface area contributed by atoms with Crippen LogP contribution in [0, 0.1) is 11.3 Å². The number of nitriles is 1. The highest BCUT2D eigenvalue weighted by Gasteiger charge is 2.19. The van der Waals surface area contributed by atoms with Gasteiger partial charge in [0.15, 0.2) is 0 Å². The van der Waals surface area contributed by atoms with E-state index in [0.29, 0.717) is 11.1 Å². The van der Waals surface area contributed by atoms with Crippen molar-refractivity contribution in [2.45, 2.75) is 6.04 Å². The topological polar surface area (TPSA) is 105 Å². The molecule has 0 aromatic heterocycles. The van der Waals surface area contributed by atoms with E-state index in [9.17, 15) is 14.7 Å². The van der Waals surface area contributed by atoms with Gasteiger partial charge < -0.3 is 20.5 Å². The lowest BCUT2D eigenvalue weighted by atomic mass is 10.0. The van der Waals surface area contributed by atoms with Crippen LogP contribution in [0.4, 0.5) is 4.79 Å². The number of carbonyl (C=O) groups is 2. The van der Waals surface area contributed by atoms with Crippen LogP contribution in [0.25, 0.3) is 0 Å². The standard InChI is InChI=1S/C12H9N3O3/c13-6-7-1-3-8(4-2-7)9-5-10(11(16)17)15-12(18)14-9/h1-5,9H,(H,16,17)(H2,14,15,18)/p-1/t9-/m0/s1. The molecule has 1 heterocycles. The number of aliphatic carboxylic acids is 1. The van der Waals surface area contributed by atoms with Crippen molar-refractivity contribution < 1.29 is 14.7 Å². The second-order valence-corrected chi connectivity index (χ2v) is 3.68. The van der Waals surface area contributed by atoms with Gasteiger partial charge in [0.25, 0.3) is 0 Å². The molecule has 0 bridgehead atoms. The SMILES string of the molecule is N#Cc1ccc([C@@H]2C=C(C(=O)[O-])NC(=O)N2)cc1. The molecule has 2 amide bonds. The molecule has 6 heteroatoms. The highest BCUT2D eigenvalue weighted by atomic mass is 16.4. The van der Waals surface area contributed by atoms with E-state index in [1.165, 1.54) is 6.08 Å². The molecule has 1 atom stereocenters. The second kappa shape index (κ2) is 4.59. The molecule has 0 saturated heterocycles. The van der Waals surface area contributed by atoms with E-state index in [0.717, 1.165) is 0 Å². The minimum Gasteiger partial charge on any atom is -0.543 e. The zero-order chi connectivity index (χ0) is 13.1. The third-order valence-electron chi connectivity index (χ3n) is 2.49. The fourth-order valence-corrected chi connectivity index (χ4v) is 1.61. The molecule has 90 valence electrons. The molecule has 18 heavy (non-hydrogen) atoms. The van der Waals surface area contributed by atoms with Crippen LogP contribution >= 0.6 is 0 Å². The molecular formula is C12H8N3O3-. The highest BCUT2D eigenvalue weighted by Crippen LogP contribution is 2.18. The molecule has 1 aromatic carbocycles. The zero-order valence-corrected chi connectivity index (χ0v) is 9.14. The van der Waals surface area contributed by atoms with Crippen molar-refractivity contribution in [1.29, 1.82) is 5.26 Å². The maximum absolute atomic E-state index is 11.3. The molecule has 2 N–H and O–H groups in total. The Balaban J connectivity index is 2.31. The van der Waals surface area contributed by atoms with E-state index < -0.39 is 18.0 Å². The van der Waals surface area contributed by atoms with E-state index in [1.54, 1.807) is 24.3 Å². The van der Waals surface area contributed by atoms with Crippen LogP contribution in [0.15, 0.2) is 36.0 Å². The second-order valence-electron chi connectivity index (χ2n) is 3.68. The van der Waals surface area contributed by atoms with Crippen LogP contribution < -0.4 is 15.7 Å². The Hall–Kier alpha value is -2.81. The van der Waals surface area contributed by atoms with Gasteiger partial charge in [0.1, 0.15) is 0 Å². The normalized spacial score (nSPS) is 18.1. The third-order valence-corrected chi connectivity index (χ3v) is 2.49. The molecule has 6 nitrogen and oxygen atoms in total. The van der Waals surface area contributed by atoms with Crippen LogP contribution in [0.2, 0.25) is 0 Å². The van der Waals surface area contributed by atoms with Gasteiger partial charge in [-0.3, -0.25) is 0 Å². The lowest BCUT2D eigenvalue weighted by molar-refractivity contribution is -0.299. The molecule has 0 fully saturated rings. The van der Waals surface area contributed by atoms with Crippen molar-refractivity contribution >= 4 is 12.0 Å². The summed E-state index contributed by atoms with van der Waals surface area (Å²) < 4.78 is 0. The minimum atomic E-state index is -1.44. The predicted molar refractivity (Wildman–Crippen MR) is 58.7 cm³/mol. The lowest BCUT2D eigenvalue weighted by Gasteiger charge is -2.24. The summed E-state index contributed by atoms with van der Waals surface area (Å²) in [4.78, 5) is 22.0. The van der Waals surface area contributed by atoms with E-state index in [2.05, 4.69) is 10.6 Å². The van der Waals surface area contributed by atoms with Crippen molar-refractivity contribution in [1.82, 2.24) is 10.6 Å². The minimum absolute atomic E-state index is 0.270. The Morgan fingerprint density at radius 1 is 1.33 bits per heavy atom. The number of nitrogens with zero attached hydrogens (tertiary/aromatic N) is 1. The average Bonchev–Trinajstić information content (AvgIpc) is 2.38. The Morgan fingerprint density at radius 2 is 2.00 bits per heavy atom. The van der Waals surface area contributed by atoms with Crippen molar-refractivity contribution in [3.63, 3.8) is 0 Å². The van der Waals surface area contributed by atoms with Crippen LogP contribution in [0.5, 0.6) is 0 Å². The van der Waals surface area contributed by atoms with Gasteiger partial charge in [-0.15, -0.1) is 0 Å². The van der Waals surface area contributed by atoms with Crippen molar-refractivity contribution in [3.05, 3.63) is 47.2 Å². The summed E-state index contributed by atoms with van der Waals surface area (Å²) in [5.74, 6) is -1.44. The number of benzene rings is 1. The Kier molecular flexibility index (Phi) is 2.98. The van der Waals surface area contributed by atoms with Gasteiger partial charge in [-0.2, -0.15) is 5.26 Å². The van der Waals surface area contributed by atoms with Gasteiger partial charge in [0.2, 0.25) is 0 Å². The smallest absolute Gasteiger partial charge is 0.320 e. The third kappa shape index (κ3) is 2.30. The lowest BCUT2D eigenvalue weighted by Crippen LogP contribution is -2.46. The van der Waals surface area contributed by atoms with E-state index in [-0.39, 0.29) is 5.70 Å². The number of amides is 2. The molecule has 0 unspecified atom stereocenters.